The van der Waals surface area contributed by atoms with Crippen molar-refractivity contribution < 1.29 is 19.4 Å². The summed E-state index contributed by atoms with van der Waals surface area (Å²) in [6, 6.07) is -0.303. The van der Waals surface area contributed by atoms with E-state index in [0.29, 0.717) is 19.6 Å². The van der Waals surface area contributed by atoms with Gasteiger partial charge in [0.05, 0.1) is 11.6 Å². The van der Waals surface area contributed by atoms with Gasteiger partial charge >= 0.3 is 12.0 Å². The van der Waals surface area contributed by atoms with Crippen molar-refractivity contribution in [2.75, 3.05) is 13.2 Å². The Hall–Kier alpha value is -1.30. The zero-order chi connectivity index (χ0) is 14.3. The number of nitrogens with zero attached hydrogens (tertiary/aromatic N) is 1. The number of carboxylic acid groups (broad SMARTS) is 1. The maximum Gasteiger partial charge on any atom is 0.329 e. The highest BCUT2D eigenvalue weighted by atomic mass is 16.5. The predicted octanol–water partition coefficient (Wildman–Crippen LogP) is 1.20. The zero-order valence-corrected chi connectivity index (χ0v) is 11.7. The topological polar surface area (TPSA) is 78.9 Å². The number of carboxylic acids is 1. The third-order valence-corrected chi connectivity index (χ3v) is 4.63. The Bertz CT molecular complexity index is 400. The third kappa shape index (κ3) is 2.29. The van der Waals surface area contributed by atoms with Crippen LogP contribution in [0.4, 0.5) is 4.79 Å². The molecule has 0 aromatic rings. The second-order valence-corrected chi connectivity index (χ2v) is 5.94. The van der Waals surface area contributed by atoms with Crippen molar-refractivity contribution in [1.29, 1.82) is 0 Å². The van der Waals surface area contributed by atoms with Crippen LogP contribution in [0.3, 0.4) is 0 Å². The normalized spacial score (nSPS) is 38.5. The van der Waals surface area contributed by atoms with Gasteiger partial charge in [-0.25, -0.2) is 9.59 Å². The Kier molecular flexibility index (Phi) is 3.47. The van der Waals surface area contributed by atoms with Crippen molar-refractivity contribution in [2.45, 2.75) is 57.2 Å². The van der Waals surface area contributed by atoms with Crippen LogP contribution in [-0.2, 0) is 9.53 Å². The van der Waals surface area contributed by atoms with E-state index in [0.717, 1.165) is 12.8 Å². The van der Waals surface area contributed by atoms with Gasteiger partial charge in [-0.1, -0.05) is 0 Å². The molecule has 0 saturated carbocycles. The molecule has 3 unspecified atom stereocenters. The summed E-state index contributed by atoms with van der Waals surface area (Å²) < 4.78 is 5.48. The number of hydrogen-bond acceptors (Lipinski definition) is 3. The molecule has 2 aliphatic heterocycles. The molecule has 2 N–H and O–H groups in total. The average molecular weight is 270 g/mol. The highest BCUT2D eigenvalue weighted by molar-refractivity contribution is 5.87. The molecule has 2 fully saturated rings. The first-order chi connectivity index (χ1) is 8.79. The van der Waals surface area contributed by atoms with Crippen molar-refractivity contribution in [3.63, 3.8) is 0 Å². The van der Waals surface area contributed by atoms with Gasteiger partial charge in [-0.15, -0.1) is 0 Å². The monoisotopic (exact) mass is 270 g/mol. The molecule has 0 aliphatic carbocycles. The van der Waals surface area contributed by atoms with Crippen molar-refractivity contribution >= 4 is 12.0 Å². The van der Waals surface area contributed by atoms with E-state index in [-0.39, 0.29) is 12.1 Å². The number of amides is 2. The molecule has 2 saturated heterocycles. The van der Waals surface area contributed by atoms with Crippen molar-refractivity contribution in [2.24, 2.45) is 0 Å². The molecule has 19 heavy (non-hydrogen) atoms. The van der Waals surface area contributed by atoms with Gasteiger partial charge in [0.2, 0.25) is 0 Å². The van der Waals surface area contributed by atoms with E-state index in [1.165, 1.54) is 4.90 Å². The molecule has 0 bridgehead atoms. The highest BCUT2D eigenvalue weighted by Crippen LogP contribution is 2.31. The van der Waals surface area contributed by atoms with Crippen LogP contribution in [0, 0.1) is 0 Å². The van der Waals surface area contributed by atoms with Gasteiger partial charge in [0.25, 0.3) is 0 Å². The van der Waals surface area contributed by atoms with Gasteiger partial charge in [-0.3, -0.25) is 0 Å². The highest BCUT2D eigenvalue weighted by Gasteiger charge is 2.48. The number of nitrogens with one attached hydrogen (secondary N) is 1. The molecule has 0 radical (unpaired) electrons. The van der Waals surface area contributed by atoms with Crippen LogP contribution in [0.1, 0.15) is 40.0 Å². The first-order valence-corrected chi connectivity index (χ1v) is 6.74. The van der Waals surface area contributed by atoms with Crippen LogP contribution in [0.5, 0.6) is 0 Å². The Labute approximate surface area is 113 Å². The van der Waals surface area contributed by atoms with Crippen molar-refractivity contribution in [3.8, 4) is 0 Å². The molecule has 2 amide bonds. The fraction of sp³-hybridized carbons (Fsp3) is 0.846. The van der Waals surface area contributed by atoms with E-state index in [9.17, 15) is 14.7 Å². The van der Waals surface area contributed by atoms with Crippen LogP contribution in [-0.4, -0.2) is 52.3 Å². The van der Waals surface area contributed by atoms with Crippen molar-refractivity contribution in [1.82, 2.24) is 10.2 Å². The largest absolute Gasteiger partial charge is 0.480 e. The fourth-order valence-electron chi connectivity index (χ4n) is 2.82. The Balaban J connectivity index is 2.10. The van der Waals surface area contributed by atoms with E-state index < -0.39 is 17.0 Å². The minimum Gasteiger partial charge on any atom is -0.480 e. The van der Waals surface area contributed by atoms with Gasteiger partial charge in [-0.05, 0) is 40.0 Å². The molecule has 108 valence electrons. The molecular formula is C13H22N2O4. The summed E-state index contributed by atoms with van der Waals surface area (Å²) in [5.41, 5.74) is -1.51. The van der Waals surface area contributed by atoms with E-state index in [4.69, 9.17) is 4.74 Å². The molecule has 0 spiro atoms. The summed E-state index contributed by atoms with van der Waals surface area (Å²) >= 11 is 0. The molecule has 0 aromatic heterocycles. The lowest BCUT2D eigenvalue weighted by atomic mass is 9.94. The van der Waals surface area contributed by atoms with Gasteiger partial charge in [-0.2, -0.15) is 0 Å². The van der Waals surface area contributed by atoms with Gasteiger partial charge in [0, 0.05) is 13.2 Å². The number of aliphatic carboxylic acids is 1. The third-order valence-electron chi connectivity index (χ3n) is 4.63. The second kappa shape index (κ2) is 4.67. The van der Waals surface area contributed by atoms with Gasteiger partial charge < -0.3 is 20.1 Å². The van der Waals surface area contributed by atoms with Gasteiger partial charge in [0.1, 0.15) is 5.54 Å². The van der Waals surface area contributed by atoms with Gasteiger partial charge in [0.15, 0.2) is 0 Å². The van der Waals surface area contributed by atoms with E-state index in [1.54, 1.807) is 6.92 Å². The fourth-order valence-corrected chi connectivity index (χ4v) is 2.82. The number of urea groups is 1. The SMILES string of the molecule is CC1OCCC1(C)NC(=O)N1CCCC1(C)C(=O)O. The number of likely N-dealkylation sites (tertiary alicyclic amines) is 1. The maximum absolute atomic E-state index is 12.4. The summed E-state index contributed by atoms with van der Waals surface area (Å²) in [6.07, 6.45) is 1.91. The van der Waals surface area contributed by atoms with Crippen LogP contribution in [0.15, 0.2) is 0 Å². The molecule has 3 atom stereocenters. The minimum atomic E-state index is -1.09. The van der Waals surface area contributed by atoms with Crippen LogP contribution in [0.25, 0.3) is 0 Å². The van der Waals surface area contributed by atoms with Crippen LogP contribution in [0.2, 0.25) is 0 Å². The molecule has 0 aromatic carbocycles. The molecule has 6 nitrogen and oxygen atoms in total. The molecule has 2 aliphatic rings. The first-order valence-electron chi connectivity index (χ1n) is 6.74. The predicted molar refractivity (Wildman–Crippen MR) is 68.9 cm³/mol. The molecular weight excluding hydrogens is 248 g/mol. The van der Waals surface area contributed by atoms with E-state index in [1.807, 2.05) is 13.8 Å². The minimum absolute atomic E-state index is 0.0601. The lowest BCUT2D eigenvalue weighted by Crippen LogP contribution is -2.60. The van der Waals surface area contributed by atoms with E-state index in [2.05, 4.69) is 5.32 Å². The molecule has 2 heterocycles. The van der Waals surface area contributed by atoms with E-state index >= 15 is 0 Å². The molecule has 6 heteroatoms. The summed E-state index contributed by atoms with van der Waals surface area (Å²) in [7, 11) is 0. The molecule has 2 rings (SSSR count). The summed E-state index contributed by atoms with van der Waals surface area (Å²) in [5, 5.41) is 12.3. The number of ether oxygens (including phenoxy) is 1. The maximum atomic E-state index is 12.4. The zero-order valence-electron chi connectivity index (χ0n) is 11.7. The second-order valence-electron chi connectivity index (χ2n) is 5.94. The average Bonchev–Trinajstić information content (AvgIpc) is 2.85. The Morgan fingerprint density at radius 2 is 2.05 bits per heavy atom. The van der Waals surface area contributed by atoms with Crippen molar-refractivity contribution in [3.05, 3.63) is 0 Å². The summed E-state index contributed by atoms with van der Waals surface area (Å²) in [5.74, 6) is -0.943. The standard InChI is InChI=1S/C13H22N2O4/c1-9-12(2,6-8-19-9)14-11(18)15-7-4-5-13(15,3)10(16)17/h9H,4-8H2,1-3H3,(H,14,18)(H,16,17). The number of rotatable bonds is 2. The smallest absolute Gasteiger partial charge is 0.329 e. The van der Waals surface area contributed by atoms with Crippen LogP contribution >= 0.6 is 0 Å². The number of carbonyl (C=O) groups excluding carboxylic acids is 1. The lowest BCUT2D eigenvalue weighted by molar-refractivity contribution is -0.147. The Morgan fingerprint density at radius 3 is 2.58 bits per heavy atom. The summed E-state index contributed by atoms with van der Waals surface area (Å²) in [4.78, 5) is 25.2. The Morgan fingerprint density at radius 1 is 1.37 bits per heavy atom. The first kappa shape index (κ1) is 14.1. The number of carbonyl (C=O) groups is 2. The quantitative estimate of drug-likeness (QED) is 0.790. The number of hydrogen-bond donors (Lipinski definition) is 2. The lowest BCUT2D eigenvalue weighted by Gasteiger charge is -2.36. The van der Waals surface area contributed by atoms with Crippen LogP contribution < -0.4 is 5.32 Å². The summed E-state index contributed by atoms with van der Waals surface area (Å²) in [6.45, 7) is 6.58.